The maximum Gasteiger partial charge on any atom is 0.139 e. The maximum atomic E-state index is 6.04. The highest BCUT2D eigenvalue weighted by molar-refractivity contribution is 9.10. The first kappa shape index (κ1) is 13.6. The van der Waals surface area contributed by atoms with Crippen molar-refractivity contribution < 1.29 is 4.74 Å². The Hall–Kier alpha value is -0.850. The van der Waals surface area contributed by atoms with E-state index < -0.39 is 0 Å². The third-order valence-corrected chi connectivity index (χ3v) is 3.68. The molecule has 1 heterocycles. The van der Waals surface area contributed by atoms with Crippen molar-refractivity contribution in [2.24, 2.45) is 0 Å². The van der Waals surface area contributed by atoms with Crippen molar-refractivity contribution in [2.45, 2.75) is 13.5 Å². The molecule has 1 N–H and O–H groups in total. The van der Waals surface area contributed by atoms with Gasteiger partial charge in [0.2, 0.25) is 0 Å². The van der Waals surface area contributed by atoms with E-state index in [0.717, 1.165) is 21.7 Å². The first-order valence-corrected chi connectivity index (χ1v) is 7.28. The molecule has 7 heteroatoms. The largest absolute Gasteiger partial charge is 0.485 e. The third-order valence-electron chi connectivity index (χ3n) is 2.15. The van der Waals surface area contributed by atoms with Crippen molar-refractivity contribution in [3.63, 3.8) is 0 Å². The van der Waals surface area contributed by atoms with Gasteiger partial charge in [0, 0.05) is 22.5 Å². The highest BCUT2D eigenvalue weighted by atomic mass is 79.9. The molecule has 1 aromatic heterocycles. The SMILES string of the molecule is CCNc1snnc1COc1cc(Br)ccc1Cl. The van der Waals surface area contributed by atoms with Gasteiger partial charge < -0.3 is 10.1 Å². The van der Waals surface area contributed by atoms with E-state index in [2.05, 4.69) is 30.8 Å². The van der Waals surface area contributed by atoms with Gasteiger partial charge in [-0.2, -0.15) is 0 Å². The number of benzene rings is 1. The van der Waals surface area contributed by atoms with Crippen LogP contribution in [0.3, 0.4) is 0 Å². The van der Waals surface area contributed by atoms with Crippen LogP contribution in [-0.4, -0.2) is 16.1 Å². The first-order valence-electron chi connectivity index (χ1n) is 5.33. The summed E-state index contributed by atoms with van der Waals surface area (Å²) in [7, 11) is 0. The monoisotopic (exact) mass is 347 g/mol. The average Bonchev–Trinajstić information content (AvgIpc) is 2.78. The van der Waals surface area contributed by atoms with Crippen LogP contribution in [-0.2, 0) is 6.61 Å². The summed E-state index contributed by atoms with van der Waals surface area (Å²) in [5.74, 6) is 0.626. The fourth-order valence-electron chi connectivity index (χ4n) is 1.33. The molecule has 0 unspecified atom stereocenters. The average molecular weight is 349 g/mol. The van der Waals surface area contributed by atoms with Crippen molar-refractivity contribution in [3.8, 4) is 5.75 Å². The van der Waals surface area contributed by atoms with E-state index in [9.17, 15) is 0 Å². The summed E-state index contributed by atoms with van der Waals surface area (Å²) >= 11 is 10.7. The molecule has 4 nitrogen and oxygen atoms in total. The Kier molecular flexibility index (Phi) is 4.79. The highest BCUT2D eigenvalue weighted by Crippen LogP contribution is 2.29. The Labute approximate surface area is 123 Å². The van der Waals surface area contributed by atoms with Crippen LogP contribution in [0, 0.1) is 0 Å². The van der Waals surface area contributed by atoms with Gasteiger partial charge in [0.05, 0.1) is 5.02 Å². The van der Waals surface area contributed by atoms with Crippen molar-refractivity contribution in [1.29, 1.82) is 0 Å². The molecule has 0 aliphatic rings. The fourth-order valence-corrected chi connectivity index (χ4v) is 2.48. The fraction of sp³-hybridized carbons (Fsp3) is 0.273. The zero-order valence-electron chi connectivity index (χ0n) is 9.61. The van der Waals surface area contributed by atoms with Gasteiger partial charge in [-0.1, -0.05) is 32.0 Å². The van der Waals surface area contributed by atoms with Crippen LogP contribution in [0.2, 0.25) is 5.02 Å². The van der Waals surface area contributed by atoms with Crippen molar-refractivity contribution >= 4 is 44.1 Å². The number of ether oxygens (including phenoxy) is 1. The highest BCUT2D eigenvalue weighted by Gasteiger charge is 2.09. The van der Waals surface area contributed by atoms with E-state index in [-0.39, 0.29) is 0 Å². The second-order valence-corrected chi connectivity index (χ2v) is 5.52. The van der Waals surface area contributed by atoms with Gasteiger partial charge >= 0.3 is 0 Å². The lowest BCUT2D eigenvalue weighted by Crippen LogP contribution is -2.02. The number of anilines is 1. The smallest absolute Gasteiger partial charge is 0.139 e. The van der Waals surface area contributed by atoms with Crippen LogP contribution >= 0.6 is 39.1 Å². The Morgan fingerprint density at radius 2 is 2.33 bits per heavy atom. The predicted octanol–water partition coefficient (Wildman–Crippen LogP) is 3.96. The topological polar surface area (TPSA) is 47.0 Å². The van der Waals surface area contributed by atoms with Crippen molar-refractivity contribution in [1.82, 2.24) is 9.59 Å². The molecule has 0 atom stereocenters. The quantitative estimate of drug-likeness (QED) is 0.888. The van der Waals surface area contributed by atoms with E-state index >= 15 is 0 Å². The van der Waals surface area contributed by atoms with Crippen molar-refractivity contribution in [3.05, 3.63) is 33.4 Å². The normalized spacial score (nSPS) is 10.4. The van der Waals surface area contributed by atoms with E-state index in [1.807, 2.05) is 19.1 Å². The summed E-state index contributed by atoms with van der Waals surface area (Å²) in [4.78, 5) is 0. The minimum Gasteiger partial charge on any atom is -0.485 e. The number of halogens is 2. The van der Waals surface area contributed by atoms with E-state index in [1.54, 1.807) is 6.07 Å². The third kappa shape index (κ3) is 3.34. The Bertz CT molecular complexity index is 535. The van der Waals surface area contributed by atoms with Gasteiger partial charge in [0.15, 0.2) is 0 Å². The van der Waals surface area contributed by atoms with Gasteiger partial charge in [0.1, 0.15) is 23.1 Å². The van der Waals surface area contributed by atoms with E-state index in [1.165, 1.54) is 11.5 Å². The number of hydrogen-bond acceptors (Lipinski definition) is 5. The van der Waals surface area contributed by atoms with Gasteiger partial charge in [0.25, 0.3) is 0 Å². The number of nitrogens with one attached hydrogen (secondary N) is 1. The molecule has 18 heavy (non-hydrogen) atoms. The molecule has 0 saturated heterocycles. The van der Waals surface area contributed by atoms with Gasteiger partial charge in [-0.3, -0.25) is 0 Å². The number of aromatic nitrogens is 2. The predicted molar refractivity (Wildman–Crippen MR) is 77.6 cm³/mol. The summed E-state index contributed by atoms with van der Waals surface area (Å²) in [6.45, 7) is 3.19. The molecule has 0 aliphatic carbocycles. The molecule has 0 aliphatic heterocycles. The lowest BCUT2D eigenvalue weighted by Gasteiger charge is -2.08. The minimum atomic E-state index is 0.342. The Balaban J connectivity index is 2.06. The minimum absolute atomic E-state index is 0.342. The van der Waals surface area contributed by atoms with Crippen LogP contribution in [0.4, 0.5) is 5.00 Å². The maximum absolute atomic E-state index is 6.04. The molecule has 0 fully saturated rings. The molecule has 0 spiro atoms. The summed E-state index contributed by atoms with van der Waals surface area (Å²) < 4.78 is 10.5. The summed E-state index contributed by atoms with van der Waals surface area (Å²) in [5, 5.41) is 8.73. The summed E-state index contributed by atoms with van der Waals surface area (Å²) in [5.41, 5.74) is 0.790. The molecule has 2 rings (SSSR count). The molecule has 0 bridgehead atoms. The lowest BCUT2D eigenvalue weighted by molar-refractivity contribution is 0.302. The lowest BCUT2D eigenvalue weighted by atomic mass is 10.3. The van der Waals surface area contributed by atoms with Gasteiger partial charge in [-0.15, -0.1) is 5.10 Å². The van der Waals surface area contributed by atoms with Crippen LogP contribution < -0.4 is 10.1 Å². The van der Waals surface area contributed by atoms with E-state index in [4.69, 9.17) is 16.3 Å². The standard InChI is InChI=1S/C11H11BrClN3OS/c1-2-14-11-9(15-16-18-11)6-17-10-5-7(12)3-4-8(10)13/h3-5,14H,2,6H2,1H3. The Morgan fingerprint density at radius 1 is 1.50 bits per heavy atom. The molecule has 0 radical (unpaired) electrons. The molecule has 0 saturated carbocycles. The van der Waals surface area contributed by atoms with Crippen molar-refractivity contribution in [2.75, 3.05) is 11.9 Å². The zero-order valence-corrected chi connectivity index (χ0v) is 12.8. The second kappa shape index (κ2) is 6.36. The van der Waals surface area contributed by atoms with Crippen LogP contribution in [0.5, 0.6) is 5.75 Å². The van der Waals surface area contributed by atoms with Gasteiger partial charge in [-0.05, 0) is 25.1 Å². The summed E-state index contributed by atoms with van der Waals surface area (Å²) in [6.07, 6.45) is 0. The molecule has 0 amide bonds. The molecule has 2 aromatic rings. The molecular weight excluding hydrogens is 338 g/mol. The molecule has 96 valence electrons. The Morgan fingerprint density at radius 3 is 3.11 bits per heavy atom. The molecule has 1 aromatic carbocycles. The second-order valence-electron chi connectivity index (χ2n) is 3.44. The number of rotatable bonds is 5. The van der Waals surface area contributed by atoms with Crippen LogP contribution in [0.1, 0.15) is 12.6 Å². The summed E-state index contributed by atoms with van der Waals surface area (Å²) in [6, 6.07) is 5.48. The number of nitrogens with zero attached hydrogens (tertiary/aromatic N) is 2. The zero-order chi connectivity index (χ0) is 13.0. The first-order chi connectivity index (χ1) is 8.70. The van der Waals surface area contributed by atoms with Gasteiger partial charge in [-0.25, -0.2) is 0 Å². The molecular formula is C11H11BrClN3OS. The number of hydrogen-bond donors (Lipinski definition) is 1. The van der Waals surface area contributed by atoms with Crippen LogP contribution in [0.15, 0.2) is 22.7 Å². The van der Waals surface area contributed by atoms with E-state index in [0.29, 0.717) is 17.4 Å². The van der Waals surface area contributed by atoms with Crippen LogP contribution in [0.25, 0.3) is 0 Å².